The van der Waals surface area contributed by atoms with Crippen molar-refractivity contribution < 1.29 is 5.11 Å². The maximum absolute atomic E-state index is 11.2. The Kier molecular flexibility index (Phi) is 4.88. The van der Waals surface area contributed by atoms with Crippen molar-refractivity contribution in [2.75, 3.05) is 19.6 Å². The minimum Gasteiger partial charge on any atom is -0.376 e. The van der Waals surface area contributed by atoms with E-state index in [2.05, 4.69) is 39.1 Å². The molecule has 3 fully saturated rings. The minimum atomic E-state index is -0.918. The molecular formula is C23H22N4OS. The Hall–Kier alpha value is -2.59. The van der Waals surface area contributed by atoms with Crippen LogP contribution in [0.4, 0.5) is 0 Å². The zero-order chi connectivity index (χ0) is 19.7. The van der Waals surface area contributed by atoms with Crippen molar-refractivity contribution in [3.05, 3.63) is 64.8 Å². The van der Waals surface area contributed by atoms with Crippen LogP contribution < -0.4 is 0 Å². The van der Waals surface area contributed by atoms with Crippen LogP contribution in [0.5, 0.6) is 0 Å². The Bertz CT molecular complexity index is 1050. The number of aromatic nitrogens is 3. The van der Waals surface area contributed by atoms with Crippen molar-refractivity contribution in [1.82, 2.24) is 20.1 Å². The number of piperidine rings is 3. The van der Waals surface area contributed by atoms with E-state index in [0.717, 1.165) is 47.9 Å². The molecule has 2 bridgehead atoms. The van der Waals surface area contributed by atoms with Crippen molar-refractivity contribution in [2.45, 2.75) is 24.9 Å². The van der Waals surface area contributed by atoms with Gasteiger partial charge in [0.1, 0.15) is 16.8 Å². The average molecular weight is 403 g/mol. The molecule has 3 aromatic rings. The maximum atomic E-state index is 11.2. The van der Waals surface area contributed by atoms with Gasteiger partial charge in [-0.2, -0.15) is 0 Å². The van der Waals surface area contributed by atoms with E-state index < -0.39 is 5.60 Å². The van der Waals surface area contributed by atoms with E-state index in [4.69, 9.17) is 4.98 Å². The summed E-state index contributed by atoms with van der Waals surface area (Å²) < 4.78 is 0. The van der Waals surface area contributed by atoms with Crippen LogP contribution in [0.1, 0.15) is 29.7 Å². The maximum Gasteiger partial charge on any atom is 0.166 e. The Morgan fingerprint density at radius 2 is 1.97 bits per heavy atom. The van der Waals surface area contributed by atoms with E-state index in [1.807, 2.05) is 30.3 Å². The number of hydrogen-bond acceptors (Lipinski definition) is 6. The Balaban J connectivity index is 1.50. The van der Waals surface area contributed by atoms with Crippen molar-refractivity contribution in [1.29, 1.82) is 0 Å². The van der Waals surface area contributed by atoms with Crippen molar-refractivity contribution in [2.24, 2.45) is 5.92 Å². The first-order valence-corrected chi connectivity index (χ1v) is 10.9. The number of aliphatic hydroxyl groups is 1. The van der Waals surface area contributed by atoms with E-state index in [1.54, 1.807) is 5.51 Å². The average Bonchev–Trinajstić information content (AvgIpc) is 3.29. The molecule has 3 aliphatic heterocycles. The molecule has 146 valence electrons. The summed E-state index contributed by atoms with van der Waals surface area (Å²) in [6, 6.07) is 14.2. The third kappa shape index (κ3) is 3.82. The molecule has 29 heavy (non-hydrogen) atoms. The highest BCUT2D eigenvalue weighted by molar-refractivity contribution is 7.12. The van der Waals surface area contributed by atoms with Crippen LogP contribution in [-0.2, 0) is 6.42 Å². The Morgan fingerprint density at radius 3 is 2.66 bits per heavy atom. The van der Waals surface area contributed by atoms with Gasteiger partial charge in [-0.1, -0.05) is 53.5 Å². The summed E-state index contributed by atoms with van der Waals surface area (Å²) >= 11 is 1.47. The number of nitrogens with zero attached hydrogens (tertiary/aromatic N) is 4. The third-order valence-corrected chi connectivity index (χ3v) is 6.62. The Labute approximate surface area is 174 Å². The fourth-order valence-corrected chi connectivity index (χ4v) is 4.82. The molecule has 3 aliphatic rings. The van der Waals surface area contributed by atoms with Gasteiger partial charge in [0.2, 0.25) is 0 Å². The van der Waals surface area contributed by atoms with Crippen LogP contribution >= 0.6 is 11.3 Å². The summed E-state index contributed by atoms with van der Waals surface area (Å²) in [7, 11) is 0. The molecule has 5 heterocycles. The molecule has 0 radical (unpaired) electrons. The molecular weight excluding hydrogens is 380 g/mol. The summed E-state index contributed by atoms with van der Waals surface area (Å²) in [6.07, 6.45) is 2.73. The van der Waals surface area contributed by atoms with E-state index in [1.165, 1.54) is 16.9 Å². The van der Waals surface area contributed by atoms with Gasteiger partial charge in [-0.05, 0) is 43.6 Å². The molecule has 0 aliphatic carbocycles. The number of pyridine rings is 1. The molecule has 1 aromatic carbocycles. The number of hydrogen-bond donors (Lipinski definition) is 1. The highest BCUT2D eigenvalue weighted by Gasteiger charge is 2.44. The normalized spacial score (nSPS) is 25.4. The van der Waals surface area contributed by atoms with Gasteiger partial charge in [-0.25, -0.2) is 4.98 Å². The molecule has 6 heteroatoms. The van der Waals surface area contributed by atoms with Crippen molar-refractivity contribution in [3.63, 3.8) is 0 Å². The molecule has 0 spiro atoms. The summed E-state index contributed by atoms with van der Waals surface area (Å²) in [6.45, 7) is 2.80. The highest BCUT2D eigenvalue weighted by atomic mass is 32.1. The second-order valence-corrected chi connectivity index (χ2v) is 8.65. The zero-order valence-electron chi connectivity index (χ0n) is 16.1. The topological polar surface area (TPSA) is 62.1 Å². The lowest BCUT2D eigenvalue weighted by Gasteiger charge is -2.47. The lowest BCUT2D eigenvalue weighted by Crippen LogP contribution is -2.58. The van der Waals surface area contributed by atoms with Crippen molar-refractivity contribution >= 4 is 11.3 Å². The summed E-state index contributed by atoms with van der Waals surface area (Å²) in [5, 5.41) is 20.0. The molecule has 1 N–H and O–H groups in total. The first-order valence-electron chi connectivity index (χ1n) is 9.98. The van der Waals surface area contributed by atoms with Gasteiger partial charge < -0.3 is 5.11 Å². The molecule has 0 unspecified atom stereocenters. The summed E-state index contributed by atoms with van der Waals surface area (Å²) in [5.74, 6) is 6.77. The van der Waals surface area contributed by atoms with Crippen LogP contribution in [0, 0.1) is 17.8 Å². The third-order valence-electron chi connectivity index (χ3n) is 5.91. The van der Waals surface area contributed by atoms with E-state index in [-0.39, 0.29) is 5.92 Å². The lowest BCUT2D eigenvalue weighted by atomic mass is 9.75. The molecule has 1 atom stereocenters. The monoisotopic (exact) mass is 402 g/mol. The molecule has 3 saturated heterocycles. The number of benzene rings is 1. The smallest absolute Gasteiger partial charge is 0.166 e. The highest BCUT2D eigenvalue weighted by Crippen LogP contribution is 2.35. The van der Waals surface area contributed by atoms with Gasteiger partial charge in [0.05, 0.1) is 5.69 Å². The lowest BCUT2D eigenvalue weighted by molar-refractivity contribution is -0.0713. The standard InChI is InChI=1S/C23H22N4OS/c28-23(15-27-12-9-19(23)10-13-27)11-8-18-6-7-20(22-26-24-16-29-22)25-21(18)14-17-4-2-1-3-5-17/h1-7,16,19,28H,9-10,12-15H2/t23-/m1/s1. The van der Waals surface area contributed by atoms with E-state index in [0.29, 0.717) is 13.0 Å². The van der Waals surface area contributed by atoms with Crippen molar-refractivity contribution in [3.8, 4) is 22.5 Å². The van der Waals surface area contributed by atoms with Gasteiger partial charge in [-0.15, -0.1) is 10.2 Å². The SMILES string of the molecule is O[C@]1(C#Cc2ccc(-c3nncs3)nc2Cc2ccccc2)CN2CCC1CC2. The van der Waals surface area contributed by atoms with Gasteiger partial charge in [0, 0.05) is 24.4 Å². The first kappa shape index (κ1) is 18.4. The quantitative estimate of drug-likeness (QED) is 0.683. The first-order chi connectivity index (χ1) is 14.2. The minimum absolute atomic E-state index is 0.270. The number of rotatable bonds is 3. The fourth-order valence-electron chi connectivity index (χ4n) is 4.30. The molecule has 6 rings (SSSR count). The zero-order valence-corrected chi connectivity index (χ0v) is 16.9. The van der Waals surface area contributed by atoms with Gasteiger partial charge >= 0.3 is 0 Å². The van der Waals surface area contributed by atoms with Crippen LogP contribution in [0.2, 0.25) is 0 Å². The molecule has 0 amide bonds. The van der Waals surface area contributed by atoms with Gasteiger partial charge in [0.25, 0.3) is 0 Å². The predicted molar refractivity (Wildman–Crippen MR) is 113 cm³/mol. The van der Waals surface area contributed by atoms with Crippen LogP contribution in [0.15, 0.2) is 48.0 Å². The van der Waals surface area contributed by atoms with Crippen LogP contribution in [0.3, 0.4) is 0 Å². The predicted octanol–water partition coefficient (Wildman–Crippen LogP) is 3.00. The second-order valence-electron chi connectivity index (χ2n) is 7.82. The van der Waals surface area contributed by atoms with E-state index in [9.17, 15) is 5.11 Å². The summed E-state index contributed by atoms with van der Waals surface area (Å²) in [4.78, 5) is 7.17. The van der Waals surface area contributed by atoms with Crippen LogP contribution in [0.25, 0.3) is 10.7 Å². The molecule has 2 aromatic heterocycles. The summed E-state index contributed by atoms with van der Waals surface area (Å²) in [5.41, 5.74) is 4.56. The van der Waals surface area contributed by atoms with Gasteiger partial charge in [0.15, 0.2) is 5.01 Å². The van der Waals surface area contributed by atoms with Crippen LogP contribution in [-0.4, -0.2) is 50.4 Å². The molecule has 5 nitrogen and oxygen atoms in total. The van der Waals surface area contributed by atoms with E-state index >= 15 is 0 Å². The second kappa shape index (κ2) is 7.68. The Morgan fingerprint density at radius 1 is 1.14 bits per heavy atom. The van der Waals surface area contributed by atoms with Gasteiger partial charge in [-0.3, -0.25) is 4.90 Å². The fraction of sp³-hybridized carbons (Fsp3) is 0.348. The molecule has 0 saturated carbocycles. The largest absolute Gasteiger partial charge is 0.376 e. The number of fused-ring (bicyclic) bond motifs is 3.